The number of rotatable bonds is 5. The van der Waals surface area contributed by atoms with E-state index in [1.54, 1.807) is 6.07 Å². The molecule has 0 aliphatic heterocycles. The van der Waals surface area contributed by atoms with Gasteiger partial charge in [-0.2, -0.15) is 0 Å². The van der Waals surface area contributed by atoms with Crippen LogP contribution in [0.1, 0.15) is 23.7 Å². The minimum atomic E-state index is -1.47. The first-order chi connectivity index (χ1) is 7.56. The molecule has 1 aromatic rings. The Morgan fingerprint density at radius 3 is 2.62 bits per heavy atom. The second-order valence-corrected chi connectivity index (χ2v) is 5.04. The Morgan fingerprint density at radius 2 is 2.12 bits per heavy atom. The van der Waals surface area contributed by atoms with Crippen LogP contribution in [-0.2, 0) is 11.2 Å². The Bertz CT molecular complexity index is 379. The van der Waals surface area contributed by atoms with Gasteiger partial charge in [0, 0.05) is 15.4 Å². The summed E-state index contributed by atoms with van der Waals surface area (Å²) in [6.07, 6.45) is 0.472. The highest BCUT2D eigenvalue weighted by molar-refractivity contribution is 9.10. The van der Waals surface area contributed by atoms with Crippen molar-refractivity contribution >= 4 is 37.8 Å². The third kappa shape index (κ3) is 3.57. The highest BCUT2D eigenvalue weighted by Crippen LogP contribution is 2.25. The zero-order valence-electron chi connectivity index (χ0n) is 8.49. The first-order valence-electron chi connectivity index (χ1n) is 4.81. The summed E-state index contributed by atoms with van der Waals surface area (Å²) in [5, 5.41) is 19.0. The van der Waals surface area contributed by atoms with Gasteiger partial charge in [-0.15, -0.1) is 0 Å². The van der Waals surface area contributed by atoms with Gasteiger partial charge < -0.3 is 10.2 Å². The van der Waals surface area contributed by atoms with Crippen molar-refractivity contribution in [2.45, 2.75) is 18.9 Å². The van der Waals surface area contributed by atoms with E-state index in [0.717, 1.165) is 23.7 Å². The summed E-state index contributed by atoms with van der Waals surface area (Å²) in [4.78, 5) is 10.6. The molecule has 1 aromatic carbocycles. The largest absolute Gasteiger partial charge is 0.479 e. The molecule has 0 amide bonds. The van der Waals surface area contributed by atoms with E-state index in [9.17, 15) is 9.90 Å². The number of hydrogen-bond donors (Lipinski definition) is 2. The number of aryl methyl sites for hydroxylation is 1. The SMILES string of the molecule is O=C(O)C(O)c1ccc(CCCBr)cc1Br. The molecule has 0 fully saturated rings. The summed E-state index contributed by atoms with van der Waals surface area (Å²) < 4.78 is 0.634. The Kier molecular flexibility index (Phi) is 5.44. The van der Waals surface area contributed by atoms with Crippen molar-refractivity contribution in [3.8, 4) is 0 Å². The molecule has 0 saturated heterocycles. The van der Waals surface area contributed by atoms with Crippen molar-refractivity contribution in [2.75, 3.05) is 5.33 Å². The minimum absolute atomic E-state index is 0.384. The van der Waals surface area contributed by atoms with Gasteiger partial charge >= 0.3 is 5.97 Å². The molecular formula is C11H12Br2O3. The van der Waals surface area contributed by atoms with Crippen LogP contribution in [0.5, 0.6) is 0 Å². The lowest BCUT2D eigenvalue weighted by molar-refractivity contribution is -0.147. The van der Waals surface area contributed by atoms with Crippen LogP contribution in [-0.4, -0.2) is 21.5 Å². The molecule has 0 spiro atoms. The van der Waals surface area contributed by atoms with Gasteiger partial charge in [0.1, 0.15) is 0 Å². The van der Waals surface area contributed by atoms with E-state index in [2.05, 4.69) is 31.9 Å². The third-order valence-corrected chi connectivity index (χ3v) is 3.44. The quantitative estimate of drug-likeness (QED) is 0.802. The molecule has 1 atom stereocenters. The van der Waals surface area contributed by atoms with Crippen LogP contribution in [0.3, 0.4) is 0 Å². The van der Waals surface area contributed by atoms with Gasteiger partial charge in [0.25, 0.3) is 0 Å². The fourth-order valence-electron chi connectivity index (χ4n) is 1.35. The number of alkyl halides is 1. The maximum Gasteiger partial charge on any atom is 0.337 e. The zero-order valence-corrected chi connectivity index (χ0v) is 11.7. The van der Waals surface area contributed by atoms with E-state index < -0.39 is 12.1 Å². The lowest BCUT2D eigenvalue weighted by Gasteiger charge is -2.09. The van der Waals surface area contributed by atoms with Gasteiger partial charge in [0.05, 0.1) is 0 Å². The Labute approximate surface area is 111 Å². The molecule has 0 saturated carbocycles. The van der Waals surface area contributed by atoms with Gasteiger partial charge in [-0.25, -0.2) is 4.79 Å². The van der Waals surface area contributed by atoms with Crippen molar-refractivity contribution in [3.63, 3.8) is 0 Å². The summed E-state index contributed by atoms with van der Waals surface area (Å²) in [7, 11) is 0. The number of benzene rings is 1. The van der Waals surface area contributed by atoms with E-state index in [1.807, 2.05) is 12.1 Å². The van der Waals surface area contributed by atoms with Gasteiger partial charge in [-0.05, 0) is 24.5 Å². The number of carbonyl (C=O) groups is 1. The number of carboxylic acid groups (broad SMARTS) is 1. The van der Waals surface area contributed by atoms with Gasteiger partial charge in [-0.3, -0.25) is 0 Å². The zero-order chi connectivity index (χ0) is 12.1. The minimum Gasteiger partial charge on any atom is -0.479 e. The number of aliphatic hydroxyl groups is 1. The summed E-state index contributed by atoms with van der Waals surface area (Å²) in [6.45, 7) is 0. The molecule has 0 aromatic heterocycles. The number of aliphatic hydroxyl groups excluding tert-OH is 1. The van der Waals surface area contributed by atoms with Crippen LogP contribution < -0.4 is 0 Å². The van der Waals surface area contributed by atoms with Crippen LogP contribution in [0, 0.1) is 0 Å². The number of aliphatic carboxylic acids is 1. The smallest absolute Gasteiger partial charge is 0.337 e. The maximum absolute atomic E-state index is 10.6. The molecule has 0 heterocycles. The van der Waals surface area contributed by atoms with Gasteiger partial charge in [0.2, 0.25) is 0 Å². The van der Waals surface area contributed by atoms with Crippen molar-refractivity contribution in [1.82, 2.24) is 0 Å². The van der Waals surface area contributed by atoms with Crippen molar-refractivity contribution in [3.05, 3.63) is 33.8 Å². The fraction of sp³-hybridized carbons (Fsp3) is 0.364. The van der Waals surface area contributed by atoms with Crippen LogP contribution in [0.2, 0.25) is 0 Å². The molecule has 0 aliphatic carbocycles. The average molecular weight is 352 g/mol. The number of halogens is 2. The molecular weight excluding hydrogens is 340 g/mol. The molecule has 88 valence electrons. The van der Waals surface area contributed by atoms with E-state index in [0.29, 0.717) is 10.0 Å². The predicted molar refractivity (Wildman–Crippen MR) is 68.9 cm³/mol. The van der Waals surface area contributed by atoms with E-state index in [-0.39, 0.29) is 0 Å². The molecule has 0 bridgehead atoms. The standard InChI is InChI=1S/C11H12Br2O3/c12-5-1-2-7-3-4-8(9(13)6-7)10(14)11(15)16/h3-4,6,10,14H,1-2,5H2,(H,15,16). The highest BCUT2D eigenvalue weighted by atomic mass is 79.9. The molecule has 0 aliphatic rings. The van der Waals surface area contributed by atoms with E-state index in [4.69, 9.17) is 5.11 Å². The second kappa shape index (κ2) is 6.37. The average Bonchev–Trinajstić information content (AvgIpc) is 2.25. The first kappa shape index (κ1) is 13.7. The predicted octanol–water partition coefficient (Wildman–Crippen LogP) is 2.89. The third-order valence-electron chi connectivity index (χ3n) is 2.19. The highest BCUT2D eigenvalue weighted by Gasteiger charge is 2.18. The molecule has 1 rings (SSSR count). The summed E-state index contributed by atoms with van der Waals surface area (Å²) in [5.41, 5.74) is 1.50. The van der Waals surface area contributed by atoms with E-state index >= 15 is 0 Å². The summed E-state index contributed by atoms with van der Waals surface area (Å²) in [6, 6.07) is 5.34. The van der Waals surface area contributed by atoms with Crippen molar-refractivity contribution in [1.29, 1.82) is 0 Å². The fourth-order valence-corrected chi connectivity index (χ4v) is 2.28. The van der Waals surface area contributed by atoms with Gasteiger partial charge in [0.15, 0.2) is 6.10 Å². The Balaban J connectivity index is 2.87. The summed E-state index contributed by atoms with van der Waals surface area (Å²) in [5.74, 6) is -1.24. The van der Waals surface area contributed by atoms with E-state index in [1.165, 1.54) is 0 Å². The van der Waals surface area contributed by atoms with Gasteiger partial charge in [-0.1, -0.05) is 44.0 Å². The van der Waals surface area contributed by atoms with Crippen molar-refractivity contribution < 1.29 is 15.0 Å². The van der Waals surface area contributed by atoms with Crippen LogP contribution in [0.15, 0.2) is 22.7 Å². The lowest BCUT2D eigenvalue weighted by atomic mass is 10.0. The molecule has 16 heavy (non-hydrogen) atoms. The Morgan fingerprint density at radius 1 is 1.44 bits per heavy atom. The normalized spacial score (nSPS) is 12.4. The topological polar surface area (TPSA) is 57.5 Å². The maximum atomic E-state index is 10.6. The van der Waals surface area contributed by atoms with Crippen LogP contribution >= 0.6 is 31.9 Å². The number of hydrogen-bond acceptors (Lipinski definition) is 2. The Hall–Kier alpha value is -0.390. The first-order valence-corrected chi connectivity index (χ1v) is 6.73. The monoisotopic (exact) mass is 350 g/mol. The van der Waals surface area contributed by atoms with Crippen molar-refractivity contribution in [2.24, 2.45) is 0 Å². The second-order valence-electron chi connectivity index (χ2n) is 3.39. The molecule has 3 nitrogen and oxygen atoms in total. The number of carboxylic acids is 1. The molecule has 1 unspecified atom stereocenters. The molecule has 0 radical (unpaired) electrons. The van der Waals surface area contributed by atoms with Crippen LogP contribution in [0.25, 0.3) is 0 Å². The van der Waals surface area contributed by atoms with Crippen LogP contribution in [0.4, 0.5) is 0 Å². The molecule has 5 heteroatoms. The molecule has 2 N–H and O–H groups in total. The lowest BCUT2D eigenvalue weighted by Crippen LogP contribution is -2.11. The summed E-state index contributed by atoms with van der Waals surface area (Å²) >= 11 is 6.63.